The highest BCUT2D eigenvalue weighted by Crippen LogP contribution is 2.24. The number of amides is 1. The molecule has 1 aromatic heterocycles. The number of rotatable bonds is 3. The van der Waals surface area contributed by atoms with Crippen LogP contribution in [0.15, 0.2) is 0 Å². The number of aromatic nitrogens is 3. The van der Waals surface area contributed by atoms with Crippen molar-refractivity contribution in [3.8, 4) is 0 Å². The molecule has 2 atom stereocenters. The van der Waals surface area contributed by atoms with Crippen LogP contribution in [0.1, 0.15) is 42.1 Å². The summed E-state index contributed by atoms with van der Waals surface area (Å²) in [5.41, 5.74) is 0. The van der Waals surface area contributed by atoms with Gasteiger partial charge in [0.1, 0.15) is 5.82 Å². The number of carboxylic acid groups (broad SMARTS) is 1. The van der Waals surface area contributed by atoms with Crippen LogP contribution in [0.2, 0.25) is 0 Å². The van der Waals surface area contributed by atoms with E-state index in [2.05, 4.69) is 20.5 Å². The Kier molecular flexibility index (Phi) is 3.59. The summed E-state index contributed by atoms with van der Waals surface area (Å²) in [4.78, 5) is 26.7. The molecule has 0 radical (unpaired) electrons. The van der Waals surface area contributed by atoms with E-state index in [1.807, 2.05) is 0 Å². The summed E-state index contributed by atoms with van der Waals surface area (Å²) in [6.45, 7) is 1.71. The lowest BCUT2D eigenvalue weighted by Gasteiger charge is -2.26. The molecule has 1 aromatic rings. The molecule has 1 heterocycles. The van der Waals surface area contributed by atoms with Crippen LogP contribution < -0.4 is 5.32 Å². The zero-order valence-corrected chi connectivity index (χ0v) is 10.1. The summed E-state index contributed by atoms with van der Waals surface area (Å²) in [5, 5.41) is 18.1. The van der Waals surface area contributed by atoms with E-state index in [-0.39, 0.29) is 23.7 Å². The minimum absolute atomic E-state index is 0.102. The van der Waals surface area contributed by atoms with Crippen molar-refractivity contribution in [2.24, 2.45) is 5.92 Å². The maximum atomic E-state index is 11.8. The Bertz CT molecular complexity index is 457. The van der Waals surface area contributed by atoms with E-state index in [0.717, 1.165) is 12.8 Å². The number of carbonyl (C=O) groups is 2. The number of nitrogens with zero attached hydrogens (tertiary/aromatic N) is 2. The van der Waals surface area contributed by atoms with Gasteiger partial charge in [-0.3, -0.25) is 14.7 Å². The molecular formula is C11H16N4O3. The second-order valence-corrected chi connectivity index (χ2v) is 4.62. The number of hydrogen-bond donors (Lipinski definition) is 3. The smallest absolute Gasteiger partial charge is 0.306 e. The molecule has 7 nitrogen and oxygen atoms in total. The third-order valence-electron chi connectivity index (χ3n) is 3.16. The summed E-state index contributed by atoms with van der Waals surface area (Å²) in [6.07, 6.45) is 2.78. The number of aromatic amines is 1. The molecule has 2 unspecified atom stereocenters. The molecule has 0 bridgehead atoms. The van der Waals surface area contributed by atoms with Crippen LogP contribution in [0.25, 0.3) is 0 Å². The quantitative estimate of drug-likeness (QED) is 0.725. The molecule has 0 spiro atoms. The minimum Gasteiger partial charge on any atom is -0.481 e. The lowest BCUT2D eigenvalue weighted by atomic mass is 9.86. The maximum Gasteiger partial charge on any atom is 0.306 e. The highest BCUT2D eigenvalue weighted by molar-refractivity contribution is 5.90. The van der Waals surface area contributed by atoms with Gasteiger partial charge in [0.25, 0.3) is 5.91 Å². The van der Waals surface area contributed by atoms with Gasteiger partial charge in [0, 0.05) is 6.04 Å². The van der Waals surface area contributed by atoms with E-state index in [0.29, 0.717) is 18.7 Å². The van der Waals surface area contributed by atoms with Gasteiger partial charge in [-0.05, 0) is 26.2 Å². The molecule has 1 aliphatic rings. The van der Waals surface area contributed by atoms with Crippen molar-refractivity contribution in [2.75, 3.05) is 0 Å². The summed E-state index contributed by atoms with van der Waals surface area (Å²) in [7, 11) is 0. The molecule has 0 aromatic carbocycles. The monoisotopic (exact) mass is 252 g/mol. The van der Waals surface area contributed by atoms with Gasteiger partial charge in [-0.1, -0.05) is 6.42 Å². The fourth-order valence-corrected chi connectivity index (χ4v) is 2.24. The number of carbonyl (C=O) groups excluding carboxylic acids is 1. The molecular weight excluding hydrogens is 236 g/mol. The van der Waals surface area contributed by atoms with E-state index in [4.69, 9.17) is 5.11 Å². The topological polar surface area (TPSA) is 108 Å². The molecule has 98 valence electrons. The first-order valence-corrected chi connectivity index (χ1v) is 5.99. The Labute approximate surface area is 104 Å². The number of aliphatic carboxylic acids is 1. The van der Waals surface area contributed by atoms with Crippen LogP contribution in [0.5, 0.6) is 0 Å². The SMILES string of the molecule is Cc1nc(C(=O)NC2CCCC(C(=O)O)C2)n[nH]1. The lowest BCUT2D eigenvalue weighted by molar-refractivity contribution is -0.143. The summed E-state index contributed by atoms with van der Waals surface area (Å²) < 4.78 is 0. The van der Waals surface area contributed by atoms with Gasteiger partial charge in [0.15, 0.2) is 0 Å². The van der Waals surface area contributed by atoms with Gasteiger partial charge in [0.05, 0.1) is 5.92 Å². The zero-order chi connectivity index (χ0) is 13.1. The molecule has 18 heavy (non-hydrogen) atoms. The van der Waals surface area contributed by atoms with Crippen molar-refractivity contribution in [3.63, 3.8) is 0 Å². The van der Waals surface area contributed by atoms with E-state index in [9.17, 15) is 9.59 Å². The third-order valence-corrected chi connectivity index (χ3v) is 3.16. The minimum atomic E-state index is -0.789. The van der Waals surface area contributed by atoms with E-state index < -0.39 is 5.97 Å². The number of nitrogens with one attached hydrogen (secondary N) is 2. The average molecular weight is 252 g/mol. The Morgan fingerprint density at radius 3 is 2.83 bits per heavy atom. The van der Waals surface area contributed by atoms with Crippen molar-refractivity contribution >= 4 is 11.9 Å². The van der Waals surface area contributed by atoms with Crippen LogP contribution in [-0.4, -0.2) is 38.2 Å². The summed E-state index contributed by atoms with van der Waals surface area (Å²) >= 11 is 0. The third kappa shape index (κ3) is 2.85. The standard InChI is InChI=1S/C11H16N4O3/c1-6-12-9(15-14-6)10(16)13-8-4-2-3-7(5-8)11(17)18/h7-8H,2-5H2,1H3,(H,13,16)(H,17,18)(H,12,14,15). The fourth-order valence-electron chi connectivity index (χ4n) is 2.24. The first kappa shape index (κ1) is 12.5. The van der Waals surface area contributed by atoms with Gasteiger partial charge in [-0.2, -0.15) is 0 Å². The molecule has 2 rings (SSSR count). The van der Waals surface area contributed by atoms with Gasteiger partial charge in [-0.25, -0.2) is 4.98 Å². The molecule has 1 fully saturated rings. The van der Waals surface area contributed by atoms with Crippen molar-refractivity contribution in [1.82, 2.24) is 20.5 Å². The van der Waals surface area contributed by atoms with Gasteiger partial charge in [0.2, 0.25) is 5.82 Å². The van der Waals surface area contributed by atoms with Crippen LogP contribution in [-0.2, 0) is 4.79 Å². The Balaban J connectivity index is 1.93. The van der Waals surface area contributed by atoms with Crippen molar-refractivity contribution in [2.45, 2.75) is 38.6 Å². The average Bonchev–Trinajstić information content (AvgIpc) is 2.76. The number of aryl methyl sites for hydroxylation is 1. The second-order valence-electron chi connectivity index (χ2n) is 4.62. The Morgan fingerprint density at radius 2 is 2.22 bits per heavy atom. The molecule has 0 aliphatic heterocycles. The summed E-state index contributed by atoms with van der Waals surface area (Å²) in [6, 6.07) is -0.105. The molecule has 0 saturated heterocycles. The fraction of sp³-hybridized carbons (Fsp3) is 0.636. The van der Waals surface area contributed by atoms with Crippen molar-refractivity contribution < 1.29 is 14.7 Å². The highest BCUT2D eigenvalue weighted by Gasteiger charge is 2.28. The number of carboxylic acids is 1. The van der Waals surface area contributed by atoms with Crippen LogP contribution in [0, 0.1) is 12.8 Å². The number of hydrogen-bond acceptors (Lipinski definition) is 4. The van der Waals surface area contributed by atoms with Crippen LogP contribution >= 0.6 is 0 Å². The van der Waals surface area contributed by atoms with Crippen molar-refractivity contribution in [1.29, 1.82) is 0 Å². The zero-order valence-electron chi connectivity index (χ0n) is 10.1. The first-order chi connectivity index (χ1) is 8.56. The maximum absolute atomic E-state index is 11.8. The molecule has 1 aliphatic carbocycles. The van der Waals surface area contributed by atoms with Crippen LogP contribution in [0.3, 0.4) is 0 Å². The molecule has 1 saturated carbocycles. The normalized spacial score (nSPS) is 23.6. The largest absolute Gasteiger partial charge is 0.481 e. The van der Waals surface area contributed by atoms with E-state index in [1.165, 1.54) is 0 Å². The Hall–Kier alpha value is -1.92. The predicted octanol–water partition coefficient (Wildman–Crippen LogP) is 0.486. The summed E-state index contributed by atoms with van der Waals surface area (Å²) in [5.74, 6) is -0.826. The van der Waals surface area contributed by atoms with Gasteiger partial charge in [-0.15, -0.1) is 5.10 Å². The van der Waals surface area contributed by atoms with Gasteiger partial charge >= 0.3 is 5.97 Å². The highest BCUT2D eigenvalue weighted by atomic mass is 16.4. The second kappa shape index (κ2) is 5.16. The van der Waals surface area contributed by atoms with Crippen molar-refractivity contribution in [3.05, 3.63) is 11.6 Å². The van der Waals surface area contributed by atoms with Crippen LogP contribution in [0.4, 0.5) is 0 Å². The van der Waals surface area contributed by atoms with E-state index in [1.54, 1.807) is 6.92 Å². The predicted molar refractivity (Wildman–Crippen MR) is 62.0 cm³/mol. The molecule has 1 amide bonds. The first-order valence-electron chi connectivity index (χ1n) is 5.99. The van der Waals surface area contributed by atoms with Gasteiger partial charge < -0.3 is 10.4 Å². The number of H-pyrrole nitrogens is 1. The lowest BCUT2D eigenvalue weighted by Crippen LogP contribution is -2.40. The molecule has 7 heteroatoms. The Morgan fingerprint density at radius 1 is 1.44 bits per heavy atom. The van der Waals surface area contributed by atoms with E-state index >= 15 is 0 Å². The molecule has 3 N–H and O–H groups in total.